The molecule has 0 fully saturated rings. The van der Waals surface area contributed by atoms with Crippen molar-refractivity contribution < 1.29 is 9.13 Å². The predicted molar refractivity (Wildman–Crippen MR) is 147 cm³/mol. The van der Waals surface area contributed by atoms with Gasteiger partial charge in [-0.25, -0.2) is 4.39 Å². The van der Waals surface area contributed by atoms with Gasteiger partial charge in [0.05, 0.1) is 11.6 Å². The lowest BCUT2D eigenvalue weighted by Gasteiger charge is -2.23. The Labute approximate surface area is 214 Å². The molecule has 0 amide bonds. The van der Waals surface area contributed by atoms with Gasteiger partial charge in [0.15, 0.2) is 11.6 Å². The zero-order valence-corrected chi connectivity index (χ0v) is 21.3. The van der Waals surface area contributed by atoms with Gasteiger partial charge in [-0.2, -0.15) is 0 Å². The zero-order valence-electron chi connectivity index (χ0n) is 20.5. The number of unbranched alkanes of at least 4 members (excludes halogenated alkanes) is 1. The molecule has 1 aliphatic rings. The first-order valence-electron chi connectivity index (χ1n) is 12.7. The number of ether oxygens (including phenoxy) is 1. The first-order chi connectivity index (χ1) is 17.1. The normalized spacial score (nSPS) is 15.5. The summed E-state index contributed by atoms with van der Waals surface area (Å²) in [5.74, 6) is 0.308. The largest absolute Gasteiger partial charge is 0.490 e. The quantitative estimate of drug-likeness (QED) is 0.204. The molecule has 4 rings (SSSR count). The van der Waals surface area contributed by atoms with E-state index in [0.717, 1.165) is 50.5 Å². The van der Waals surface area contributed by atoms with E-state index >= 15 is 0 Å². The van der Waals surface area contributed by atoms with Crippen LogP contribution < -0.4 is 4.74 Å². The van der Waals surface area contributed by atoms with Crippen LogP contribution in [0.5, 0.6) is 5.75 Å². The molecule has 0 aliphatic heterocycles. The number of hydrogen-bond acceptors (Lipinski definition) is 1. The molecule has 3 heteroatoms. The molecule has 0 saturated carbocycles. The third kappa shape index (κ3) is 6.24. The molecule has 0 N–H and O–H groups in total. The summed E-state index contributed by atoms with van der Waals surface area (Å²) in [4.78, 5) is 0. The molecular formula is C32H34ClFO. The van der Waals surface area contributed by atoms with Crippen molar-refractivity contribution in [2.75, 3.05) is 6.61 Å². The molecular weight excluding hydrogens is 455 g/mol. The summed E-state index contributed by atoms with van der Waals surface area (Å²) in [6.45, 7) is 6.38. The summed E-state index contributed by atoms with van der Waals surface area (Å²) in [6.07, 6.45) is 11.6. The van der Waals surface area contributed by atoms with Crippen molar-refractivity contribution in [3.05, 3.63) is 107 Å². The minimum absolute atomic E-state index is 0.113. The van der Waals surface area contributed by atoms with Crippen molar-refractivity contribution in [1.82, 2.24) is 0 Å². The maximum atomic E-state index is 14.7. The highest BCUT2D eigenvalue weighted by Gasteiger charge is 2.18. The van der Waals surface area contributed by atoms with Crippen LogP contribution in [0.15, 0.2) is 79.4 Å². The van der Waals surface area contributed by atoms with Crippen LogP contribution in [0.2, 0.25) is 5.02 Å². The number of benzene rings is 3. The standard InChI is InChI=1S/C32H34ClFO/c1-3-5-7-23-8-10-24(11-9-23)25-12-14-26(15-13-25)27-16-18-28(19-17-27)29-20-21-30(32(34)31(29)33)35-22-6-4-2/h3,8-11,14,16-21,25H,1,4-7,12-13,15,22H2,2H3. The Hall–Kier alpha value is -2.84. The average Bonchev–Trinajstić information content (AvgIpc) is 2.91. The van der Waals surface area contributed by atoms with Crippen LogP contribution in [0.3, 0.4) is 0 Å². The molecule has 3 aromatic rings. The second kappa shape index (κ2) is 12.2. The third-order valence-corrected chi connectivity index (χ3v) is 7.24. The second-order valence-corrected chi connectivity index (χ2v) is 9.67. The van der Waals surface area contributed by atoms with E-state index in [1.165, 1.54) is 22.3 Å². The van der Waals surface area contributed by atoms with Gasteiger partial charge in [0, 0.05) is 5.56 Å². The Balaban J connectivity index is 1.42. The molecule has 0 heterocycles. The van der Waals surface area contributed by atoms with Crippen LogP contribution in [0, 0.1) is 5.82 Å². The fraction of sp³-hybridized carbons (Fsp3) is 0.312. The minimum Gasteiger partial charge on any atom is -0.490 e. The maximum absolute atomic E-state index is 14.7. The Morgan fingerprint density at radius 1 is 1.03 bits per heavy atom. The lowest BCUT2D eigenvalue weighted by atomic mass is 9.82. The van der Waals surface area contributed by atoms with E-state index in [4.69, 9.17) is 16.3 Å². The van der Waals surface area contributed by atoms with Crippen LogP contribution in [0.25, 0.3) is 16.7 Å². The van der Waals surface area contributed by atoms with Gasteiger partial charge < -0.3 is 4.74 Å². The molecule has 0 radical (unpaired) electrons. The molecule has 0 saturated heterocycles. The van der Waals surface area contributed by atoms with Gasteiger partial charge >= 0.3 is 0 Å². The average molecular weight is 489 g/mol. The van der Waals surface area contributed by atoms with E-state index in [9.17, 15) is 4.39 Å². The predicted octanol–water partition coefficient (Wildman–Crippen LogP) is 9.79. The van der Waals surface area contributed by atoms with E-state index in [-0.39, 0.29) is 10.8 Å². The minimum atomic E-state index is -0.487. The molecule has 0 aromatic heterocycles. The summed E-state index contributed by atoms with van der Waals surface area (Å²) in [5, 5.41) is 0.113. The smallest absolute Gasteiger partial charge is 0.184 e. The molecule has 1 atom stereocenters. The summed E-state index contributed by atoms with van der Waals surface area (Å²) < 4.78 is 20.3. The monoisotopic (exact) mass is 488 g/mol. The van der Waals surface area contributed by atoms with Crippen LogP contribution >= 0.6 is 11.6 Å². The summed E-state index contributed by atoms with van der Waals surface area (Å²) in [6, 6.07) is 20.9. The van der Waals surface area contributed by atoms with E-state index in [1.54, 1.807) is 6.07 Å². The van der Waals surface area contributed by atoms with Gasteiger partial charge in [-0.15, -0.1) is 6.58 Å². The van der Waals surface area contributed by atoms with E-state index < -0.39 is 5.82 Å². The van der Waals surface area contributed by atoms with Crippen molar-refractivity contribution in [1.29, 1.82) is 0 Å². The van der Waals surface area contributed by atoms with Gasteiger partial charge in [0.1, 0.15) is 0 Å². The Morgan fingerprint density at radius 2 is 1.77 bits per heavy atom. The van der Waals surface area contributed by atoms with Crippen LogP contribution in [0.1, 0.15) is 68.1 Å². The fourth-order valence-electron chi connectivity index (χ4n) is 4.68. The Kier molecular flexibility index (Phi) is 8.82. The fourth-order valence-corrected chi connectivity index (χ4v) is 4.95. The summed E-state index contributed by atoms with van der Waals surface area (Å²) in [5.41, 5.74) is 7.00. The van der Waals surface area contributed by atoms with Gasteiger partial charge in [0.2, 0.25) is 0 Å². The van der Waals surface area contributed by atoms with Crippen molar-refractivity contribution in [3.63, 3.8) is 0 Å². The first-order valence-corrected chi connectivity index (χ1v) is 13.1. The molecule has 1 aliphatic carbocycles. The number of halogens is 2. The SMILES string of the molecule is C=CCCc1ccc(C2CC=C(c3ccc(-c4ccc(OCCCC)c(F)c4Cl)cc3)CC2)cc1. The molecule has 1 unspecified atom stereocenters. The van der Waals surface area contributed by atoms with Crippen LogP contribution in [0.4, 0.5) is 4.39 Å². The first kappa shape index (κ1) is 25.3. The van der Waals surface area contributed by atoms with Crippen molar-refractivity contribution in [2.45, 2.75) is 57.8 Å². The van der Waals surface area contributed by atoms with Crippen molar-refractivity contribution >= 4 is 17.2 Å². The summed E-state index contributed by atoms with van der Waals surface area (Å²) >= 11 is 6.37. The molecule has 0 bridgehead atoms. The van der Waals surface area contributed by atoms with Gasteiger partial charge in [0.25, 0.3) is 0 Å². The molecule has 35 heavy (non-hydrogen) atoms. The zero-order chi connectivity index (χ0) is 24.6. The molecule has 3 aromatic carbocycles. The van der Waals surface area contributed by atoms with Crippen molar-refractivity contribution in [2.24, 2.45) is 0 Å². The highest BCUT2D eigenvalue weighted by atomic mass is 35.5. The lowest BCUT2D eigenvalue weighted by Crippen LogP contribution is -2.04. The van der Waals surface area contributed by atoms with Gasteiger partial charge in [-0.1, -0.05) is 85.6 Å². The Morgan fingerprint density at radius 3 is 2.43 bits per heavy atom. The topological polar surface area (TPSA) is 9.23 Å². The Bertz CT molecular complexity index is 1160. The number of allylic oxidation sites excluding steroid dienone is 3. The number of hydrogen-bond donors (Lipinski definition) is 0. The van der Waals surface area contributed by atoms with E-state index in [0.29, 0.717) is 18.1 Å². The van der Waals surface area contributed by atoms with Crippen LogP contribution in [-0.4, -0.2) is 6.61 Å². The summed E-state index contributed by atoms with van der Waals surface area (Å²) in [7, 11) is 0. The van der Waals surface area contributed by atoms with Gasteiger partial charge in [-0.3, -0.25) is 0 Å². The van der Waals surface area contributed by atoms with Crippen molar-refractivity contribution in [3.8, 4) is 16.9 Å². The molecule has 0 spiro atoms. The van der Waals surface area contributed by atoms with E-state index in [2.05, 4.69) is 56.0 Å². The van der Waals surface area contributed by atoms with E-state index in [1.807, 2.05) is 24.3 Å². The van der Waals surface area contributed by atoms with Gasteiger partial charge in [-0.05, 0) is 84.4 Å². The molecule has 1 nitrogen and oxygen atoms in total. The lowest BCUT2D eigenvalue weighted by molar-refractivity contribution is 0.294. The highest BCUT2D eigenvalue weighted by Crippen LogP contribution is 2.38. The maximum Gasteiger partial charge on any atom is 0.184 e. The second-order valence-electron chi connectivity index (χ2n) is 9.29. The highest BCUT2D eigenvalue weighted by molar-refractivity contribution is 6.33. The number of aryl methyl sites for hydroxylation is 1. The van der Waals surface area contributed by atoms with Crippen LogP contribution in [-0.2, 0) is 6.42 Å². The number of rotatable bonds is 10. The third-order valence-electron chi connectivity index (χ3n) is 6.87. The molecule has 182 valence electrons.